The molecule has 0 radical (unpaired) electrons. The zero-order valence-electron chi connectivity index (χ0n) is 10.8. The molecule has 0 saturated heterocycles. The van der Waals surface area contributed by atoms with Gasteiger partial charge in [-0.2, -0.15) is 8.78 Å². The summed E-state index contributed by atoms with van der Waals surface area (Å²) in [5.41, 5.74) is 6.12. The summed E-state index contributed by atoms with van der Waals surface area (Å²) >= 11 is 3.13. The van der Waals surface area contributed by atoms with Gasteiger partial charge in [0.05, 0.1) is 11.4 Å². The van der Waals surface area contributed by atoms with Gasteiger partial charge in [-0.25, -0.2) is 21.9 Å². The monoisotopic (exact) mass is 392 g/mol. The van der Waals surface area contributed by atoms with Crippen molar-refractivity contribution in [1.82, 2.24) is 4.72 Å². The van der Waals surface area contributed by atoms with Crippen LogP contribution in [0.15, 0.2) is 21.5 Å². The first kappa shape index (κ1) is 18.3. The summed E-state index contributed by atoms with van der Waals surface area (Å²) in [6, 6.07) is 2.80. The second kappa shape index (κ2) is 6.59. The molecule has 120 valence electrons. The van der Waals surface area contributed by atoms with Gasteiger partial charge in [-0.3, -0.25) is 0 Å². The molecule has 1 rings (SSSR count). The summed E-state index contributed by atoms with van der Waals surface area (Å²) in [5, 5.41) is 0. The minimum atomic E-state index is -4.44. The van der Waals surface area contributed by atoms with Crippen LogP contribution in [0.3, 0.4) is 0 Å². The van der Waals surface area contributed by atoms with Crippen molar-refractivity contribution in [3.05, 3.63) is 27.7 Å². The van der Waals surface area contributed by atoms with E-state index in [9.17, 15) is 26.0 Å². The minimum Gasteiger partial charge on any atom is -0.326 e. The fraction of sp³-hybridized carbons (Fsp3) is 0.455. The maximum absolute atomic E-state index is 12.8. The Morgan fingerprint density at radius 2 is 1.95 bits per heavy atom. The van der Waals surface area contributed by atoms with Gasteiger partial charge in [0.15, 0.2) is 0 Å². The molecular formula is C11H13BrF4N2O2S. The van der Waals surface area contributed by atoms with Crippen molar-refractivity contribution in [3.63, 3.8) is 0 Å². The number of alkyl halides is 4. The second-order valence-corrected chi connectivity index (χ2v) is 6.88. The van der Waals surface area contributed by atoms with Gasteiger partial charge in [-0.15, -0.1) is 0 Å². The molecule has 3 N–H and O–H groups in total. The smallest absolute Gasteiger partial charge is 0.320 e. The summed E-state index contributed by atoms with van der Waals surface area (Å²) in [7, 11) is -4.36. The Labute approximate surface area is 127 Å². The van der Waals surface area contributed by atoms with Gasteiger partial charge in [-0.05, 0) is 30.2 Å². The third-order valence-electron chi connectivity index (χ3n) is 2.70. The van der Waals surface area contributed by atoms with E-state index in [0.29, 0.717) is 10.0 Å². The molecule has 0 aromatic heterocycles. The maximum atomic E-state index is 12.8. The van der Waals surface area contributed by atoms with Crippen LogP contribution in [0.4, 0.5) is 17.6 Å². The molecule has 0 amide bonds. The lowest BCUT2D eigenvalue weighted by atomic mass is 10.1. The van der Waals surface area contributed by atoms with E-state index in [4.69, 9.17) is 5.73 Å². The van der Waals surface area contributed by atoms with Gasteiger partial charge in [0.2, 0.25) is 10.0 Å². The molecule has 21 heavy (non-hydrogen) atoms. The fourth-order valence-corrected chi connectivity index (χ4v) is 3.45. The molecule has 1 aromatic rings. The third-order valence-corrected chi connectivity index (χ3v) is 5.05. The van der Waals surface area contributed by atoms with Gasteiger partial charge in [-0.1, -0.05) is 15.9 Å². The molecule has 0 aliphatic rings. The molecule has 10 heteroatoms. The predicted octanol–water partition coefficient (Wildman–Crippen LogP) is 2.39. The molecule has 0 unspecified atom stereocenters. The van der Waals surface area contributed by atoms with Crippen molar-refractivity contribution in [3.8, 4) is 0 Å². The van der Waals surface area contributed by atoms with Crippen LogP contribution in [0.2, 0.25) is 0 Å². The second-order valence-electron chi connectivity index (χ2n) is 4.29. The number of rotatable bonds is 6. The van der Waals surface area contributed by atoms with Crippen LogP contribution in [-0.4, -0.2) is 27.3 Å². The molecule has 0 aliphatic heterocycles. The van der Waals surface area contributed by atoms with Crippen LogP contribution in [0.25, 0.3) is 0 Å². The summed E-state index contributed by atoms with van der Waals surface area (Å²) in [6.45, 7) is -0.199. The van der Waals surface area contributed by atoms with E-state index in [0.717, 1.165) is 0 Å². The average molecular weight is 393 g/mol. The summed E-state index contributed by atoms with van der Waals surface area (Å²) in [5.74, 6) is -4.44. The summed E-state index contributed by atoms with van der Waals surface area (Å²) in [4.78, 5) is -0.289. The minimum absolute atomic E-state index is 0.0363. The number of hydrogen-bond donors (Lipinski definition) is 2. The van der Waals surface area contributed by atoms with Gasteiger partial charge in [0, 0.05) is 11.0 Å². The highest BCUT2D eigenvalue weighted by Gasteiger charge is 2.41. The van der Waals surface area contributed by atoms with Crippen molar-refractivity contribution in [2.75, 3.05) is 6.54 Å². The van der Waals surface area contributed by atoms with Crippen molar-refractivity contribution in [1.29, 1.82) is 0 Å². The first-order valence-electron chi connectivity index (χ1n) is 5.66. The Balaban J connectivity index is 3.12. The highest BCUT2D eigenvalue weighted by atomic mass is 79.9. The molecule has 0 aliphatic carbocycles. The number of hydrogen-bond acceptors (Lipinski definition) is 3. The number of sulfonamides is 1. The molecule has 4 nitrogen and oxygen atoms in total. The summed E-state index contributed by atoms with van der Waals surface area (Å²) in [6.07, 6.45) is -3.96. The molecule has 0 atom stereocenters. The van der Waals surface area contributed by atoms with Crippen LogP contribution in [0, 0.1) is 6.92 Å². The zero-order chi connectivity index (χ0) is 16.4. The van der Waals surface area contributed by atoms with Gasteiger partial charge >= 0.3 is 12.3 Å². The van der Waals surface area contributed by atoms with E-state index in [2.05, 4.69) is 15.9 Å². The summed E-state index contributed by atoms with van der Waals surface area (Å²) < 4.78 is 75.6. The Morgan fingerprint density at radius 3 is 2.43 bits per heavy atom. The predicted molar refractivity (Wildman–Crippen MR) is 72.9 cm³/mol. The number of nitrogens with one attached hydrogen (secondary N) is 1. The molecule has 0 heterocycles. The Kier molecular flexibility index (Phi) is 5.76. The Morgan fingerprint density at radius 1 is 1.38 bits per heavy atom. The number of benzene rings is 1. The molecule has 1 aromatic carbocycles. The topological polar surface area (TPSA) is 72.2 Å². The molecule has 0 spiro atoms. The Hall–Kier alpha value is -0.710. The highest BCUT2D eigenvalue weighted by Crippen LogP contribution is 2.27. The van der Waals surface area contributed by atoms with Crippen LogP contribution < -0.4 is 10.5 Å². The lowest BCUT2D eigenvalue weighted by molar-refractivity contribution is -0.122. The van der Waals surface area contributed by atoms with Crippen LogP contribution in [0.1, 0.15) is 11.1 Å². The SMILES string of the molecule is Cc1c(Br)cc(CN)cc1S(=O)(=O)NCC(F)(F)C(F)F. The third kappa shape index (κ3) is 4.38. The lowest BCUT2D eigenvalue weighted by Gasteiger charge is -2.17. The van der Waals surface area contributed by atoms with Crippen LogP contribution in [0.5, 0.6) is 0 Å². The van der Waals surface area contributed by atoms with Crippen molar-refractivity contribution in [2.24, 2.45) is 5.73 Å². The largest absolute Gasteiger partial charge is 0.326 e. The van der Waals surface area contributed by atoms with Crippen molar-refractivity contribution < 1.29 is 26.0 Å². The average Bonchev–Trinajstić information content (AvgIpc) is 2.39. The standard InChI is InChI=1S/C11H13BrF4N2O2S/c1-6-8(12)2-7(4-17)3-9(6)21(19,20)18-5-11(15,16)10(13)14/h2-3,10,18H,4-5,17H2,1H3. The number of nitrogens with two attached hydrogens (primary N) is 1. The van der Waals surface area contributed by atoms with E-state index >= 15 is 0 Å². The fourth-order valence-electron chi connectivity index (χ4n) is 1.45. The number of halogens is 5. The van der Waals surface area contributed by atoms with Crippen molar-refractivity contribution >= 4 is 26.0 Å². The first-order valence-corrected chi connectivity index (χ1v) is 7.93. The molecular weight excluding hydrogens is 380 g/mol. The quantitative estimate of drug-likeness (QED) is 0.730. The van der Waals surface area contributed by atoms with Gasteiger partial charge in [0.25, 0.3) is 0 Å². The maximum Gasteiger partial charge on any atom is 0.320 e. The normalized spacial score (nSPS) is 13.0. The molecule has 0 bridgehead atoms. The molecule has 0 fully saturated rings. The Bertz CT molecular complexity index is 623. The van der Waals surface area contributed by atoms with Gasteiger partial charge in [0.1, 0.15) is 0 Å². The highest BCUT2D eigenvalue weighted by molar-refractivity contribution is 9.10. The molecule has 0 saturated carbocycles. The lowest BCUT2D eigenvalue weighted by Crippen LogP contribution is -2.41. The first-order chi connectivity index (χ1) is 9.51. The van der Waals surface area contributed by atoms with Crippen LogP contribution >= 0.6 is 15.9 Å². The van der Waals surface area contributed by atoms with E-state index < -0.39 is 28.9 Å². The van der Waals surface area contributed by atoms with Crippen LogP contribution in [-0.2, 0) is 16.6 Å². The van der Waals surface area contributed by atoms with E-state index in [-0.39, 0.29) is 17.0 Å². The van der Waals surface area contributed by atoms with Gasteiger partial charge < -0.3 is 5.73 Å². The van der Waals surface area contributed by atoms with E-state index in [1.54, 1.807) is 6.07 Å². The van der Waals surface area contributed by atoms with E-state index in [1.807, 2.05) is 0 Å². The zero-order valence-corrected chi connectivity index (χ0v) is 13.2. The van der Waals surface area contributed by atoms with Crippen molar-refractivity contribution in [2.45, 2.75) is 30.7 Å². The van der Waals surface area contributed by atoms with E-state index in [1.165, 1.54) is 17.7 Å².